The monoisotopic (exact) mass is 318 g/mol. The van der Waals surface area contributed by atoms with Crippen LogP contribution < -0.4 is 0 Å². The molecule has 0 N–H and O–H groups in total. The van der Waals surface area contributed by atoms with Gasteiger partial charge in [0.15, 0.2) is 0 Å². The number of hydrogen-bond donors (Lipinski definition) is 0. The van der Waals surface area contributed by atoms with Crippen LogP contribution in [0, 0.1) is 34.5 Å². The van der Waals surface area contributed by atoms with Gasteiger partial charge in [0.25, 0.3) is 0 Å². The van der Waals surface area contributed by atoms with Gasteiger partial charge in [-0.15, -0.1) is 0 Å². The third kappa shape index (κ3) is 2.46. The normalized spacial score (nSPS) is 52.2. The second-order valence-corrected chi connectivity index (χ2v) is 9.77. The third-order valence-corrected chi connectivity index (χ3v) is 8.64. The molecule has 2 heteroatoms. The van der Waals surface area contributed by atoms with Crippen LogP contribution in [0.15, 0.2) is 0 Å². The number of fused-ring (bicyclic) bond motifs is 5. The Kier molecular flexibility index (Phi) is 3.81. The minimum atomic E-state index is -0.0863. The van der Waals surface area contributed by atoms with Crippen molar-refractivity contribution in [1.29, 1.82) is 0 Å². The van der Waals surface area contributed by atoms with Crippen molar-refractivity contribution in [3.63, 3.8) is 0 Å². The molecule has 4 saturated carbocycles. The molecule has 0 saturated heterocycles. The predicted octanol–water partition coefficient (Wildman–Crippen LogP) is 5.35. The lowest BCUT2D eigenvalue weighted by molar-refractivity contribution is -0.146. The van der Waals surface area contributed by atoms with Gasteiger partial charge in [0.2, 0.25) is 0 Å². The van der Waals surface area contributed by atoms with Crippen molar-refractivity contribution >= 4 is 5.97 Å². The van der Waals surface area contributed by atoms with Gasteiger partial charge in [-0.2, -0.15) is 0 Å². The summed E-state index contributed by atoms with van der Waals surface area (Å²) in [5.41, 5.74) is 1.04. The Hall–Kier alpha value is -0.530. The summed E-state index contributed by atoms with van der Waals surface area (Å²) in [4.78, 5) is 11.4. The van der Waals surface area contributed by atoms with Gasteiger partial charge < -0.3 is 4.74 Å². The fraction of sp³-hybridized carbons (Fsp3) is 0.952. The van der Waals surface area contributed by atoms with Crippen LogP contribution in [-0.2, 0) is 9.53 Å². The van der Waals surface area contributed by atoms with Crippen LogP contribution >= 0.6 is 0 Å². The minimum Gasteiger partial charge on any atom is -0.463 e. The van der Waals surface area contributed by atoms with Gasteiger partial charge >= 0.3 is 5.97 Å². The Morgan fingerprint density at radius 3 is 2.61 bits per heavy atom. The smallest absolute Gasteiger partial charge is 0.302 e. The third-order valence-electron chi connectivity index (χ3n) is 8.64. The van der Waals surface area contributed by atoms with Crippen LogP contribution in [0.4, 0.5) is 0 Å². The Bertz CT molecular complexity index is 486. The first-order valence-electron chi connectivity index (χ1n) is 10.1. The zero-order valence-electron chi connectivity index (χ0n) is 15.3. The Labute approximate surface area is 141 Å². The Morgan fingerprint density at radius 1 is 1.00 bits per heavy atom. The number of rotatable bonds is 1. The van der Waals surface area contributed by atoms with Gasteiger partial charge in [-0.05, 0) is 85.9 Å². The fourth-order valence-corrected chi connectivity index (χ4v) is 7.61. The number of carbonyl (C=O) groups is 1. The van der Waals surface area contributed by atoms with E-state index in [4.69, 9.17) is 4.74 Å². The second-order valence-electron chi connectivity index (χ2n) is 9.77. The summed E-state index contributed by atoms with van der Waals surface area (Å²) in [5.74, 6) is 3.54. The van der Waals surface area contributed by atoms with Gasteiger partial charge in [0.1, 0.15) is 6.10 Å². The van der Waals surface area contributed by atoms with E-state index in [9.17, 15) is 4.79 Å². The van der Waals surface area contributed by atoms with E-state index in [2.05, 4.69) is 13.8 Å². The van der Waals surface area contributed by atoms with Crippen LogP contribution in [0.25, 0.3) is 0 Å². The first-order chi connectivity index (χ1) is 10.9. The van der Waals surface area contributed by atoms with Crippen LogP contribution in [0.1, 0.15) is 85.0 Å². The van der Waals surface area contributed by atoms with Gasteiger partial charge in [-0.25, -0.2) is 0 Å². The summed E-state index contributed by atoms with van der Waals surface area (Å²) in [6.45, 7) is 6.70. The minimum absolute atomic E-state index is 0.0863. The number of carbonyl (C=O) groups excluding carboxylic acids is 1. The van der Waals surface area contributed by atoms with E-state index in [1.807, 2.05) is 0 Å². The maximum absolute atomic E-state index is 11.4. The standard InChI is InChI=1S/C21H34O2/c1-14(22)23-16-12-19-17-8-7-15-6-4-5-10-21(15,3)18(17)9-11-20(19,2)13-16/h15-19H,4-13H2,1-3H3/t15-,16-,17-,18-,19-,20-,21+/m1/s1. The summed E-state index contributed by atoms with van der Waals surface area (Å²) in [6, 6.07) is 0. The van der Waals surface area contributed by atoms with E-state index in [1.165, 1.54) is 51.4 Å². The van der Waals surface area contributed by atoms with Crippen molar-refractivity contribution < 1.29 is 9.53 Å². The van der Waals surface area contributed by atoms with Crippen molar-refractivity contribution in [2.75, 3.05) is 0 Å². The highest BCUT2D eigenvalue weighted by Crippen LogP contribution is 2.66. The van der Waals surface area contributed by atoms with Gasteiger partial charge in [-0.3, -0.25) is 4.79 Å². The molecule has 0 heterocycles. The average molecular weight is 319 g/mol. The summed E-state index contributed by atoms with van der Waals surface area (Å²) in [5, 5.41) is 0. The highest BCUT2D eigenvalue weighted by atomic mass is 16.5. The molecule has 0 bridgehead atoms. The molecule has 0 unspecified atom stereocenters. The van der Waals surface area contributed by atoms with E-state index in [0.29, 0.717) is 10.8 Å². The van der Waals surface area contributed by atoms with Crippen molar-refractivity contribution in [2.45, 2.75) is 91.1 Å². The van der Waals surface area contributed by atoms with Crippen LogP contribution in [0.5, 0.6) is 0 Å². The number of esters is 1. The highest BCUT2D eigenvalue weighted by molar-refractivity contribution is 5.66. The molecule has 4 aliphatic rings. The topological polar surface area (TPSA) is 26.3 Å². The van der Waals surface area contributed by atoms with Crippen LogP contribution in [0.2, 0.25) is 0 Å². The molecular weight excluding hydrogens is 284 g/mol. The molecule has 7 atom stereocenters. The van der Waals surface area contributed by atoms with E-state index < -0.39 is 0 Å². The predicted molar refractivity (Wildman–Crippen MR) is 91.9 cm³/mol. The quantitative estimate of drug-likeness (QED) is 0.609. The lowest BCUT2D eigenvalue weighted by Crippen LogP contribution is -2.51. The van der Waals surface area contributed by atoms with Gasteiger partial charge in [-0.1, -0.05) is 26.7 Å². The number of ether oxygens (including phenoxy) is 1. The maximum Gasteiger partial charge on any atom is 0.302 e. The molecule has 0 aliphatic heterocycles. The Balaban J connectivity index is 1.57. The second kappa shape index (κ2) is 5.49. The molecule has 0 radical (unpaired) electrons. The molecule has 0 aromatic rings. The van der Waals surface area contributed by atoms with E-state index in [1.54, 1.807) is 6.92 Å². The fourth-order valence-electron chi connectivity index (χ4n) is 7.61. The summed E-state index contributed by atoms with van der Waals surface area (Å²) in [7, 11) is 0. The molecule has 0 amide bonds. The average Bonchev–Trinajstić information content (AvgIpc) is 2.81. The van der Waals surface area contributed by atoms with Crippen molar-refractivity contribution in [3.8, 4) is 0 Å². The molecule has 2 nitrogen and oxygen atoms in total. The number of hydrogen-bond acceptors (Lipinski definition) is 2. The van der Waals surface area contributed by atoms with Crippen molar-refractivity contribution in [2.24, 2.45) is 34.5 Å². The van der Waals surface area contributed by atoms with Gasteiger partial charge in [0.05, 0.1) is 0 Å². The lowest BCUT2D eigenvalue weighted by atomic mass is 9.45. The molecule has 4 aliphatic carbocycles. The molecule has 4 fully saturated rings. The highest BCUT2D eigenvalue weighted by Gasteiger charge is 2.59. The maximum atomic E-state index is 11.4. The molecule has 0 aromatic carbocycles. The largest absolute Gasteiger partial charge is 0.463 e. The summed E-state index contributed by atoms with van der Waals surface area (Å²) >= 11 is 0. The lowest BCUT2D eigenvalue weighted by Gasteiger charge is -2.59. The first kappa shape index (κ1) is 16.0. The molecule has 0 spiro atoms. The van der Waals surface area contributed by atoms with Crippen LogP contribution in [0.3, 0.4) is 0 Å². The van der Waals surface area contributed by atoms with Crippen molar-refractivity contribution in [1.82, 2.24) is 0 Å². The Morgan fingerprint density at radius 2 is 1.83 bits per heavy atom. The molecule has 4 rings (SSSR count). The summed E-state index contributed by atoms with van der Waals surface area (Å²) < 4.78 is 5.64. The van der Waals surface area contributed by atoms with Crippen molar-refractivity contribution in [3.05, 3.63) is 0 Å². The van der Waals surface area contributed by atoms with E-state index >= 15 is 0 Å². The SMILES string of the molecule is CC(=O)O[C@@H]1C[C@@H]2[C@@H]3CC[C@H]4CCCC[C@]4(C)[C@@H]3CC[C@]2(C)C1. The summed E-state index contributed by atoms with van der Waals surface area (Å²) in [6.07, 6.45) is 14.0. The van der Waals surface area contributed by atoms with Crippen LogP contribution in [-0.4, -0.2) is 12.1 Å². The molecule has 0 aromatic heterocycles. The molecular formula is C21H34O2. The zero-order valence-corrected chi connectivity index (χ0v) is 15.3. The van der Waals surface area contributed by atoms with Gasteiger partial charge in [0, 0.05) is 6.92 Å². The molecule has 130 valence electrons. The zero-order chi connectivity index (χ0) is 16.2. The molecule has 23 heavy (non-hydrogen) atoms. The van der Waals surface area contributed by atoms with E-state index in [0.717, 1.165) is 36.5 Å². The first-order valence-corrected chi connectivity index (χ1v) is 10.1. The van der Waals surface area contributed by atoms with E-state index in [-0.39, 0.29) is 12.1 Å².